The molecule has 1 fully saturated rings. The van der Waals surface area contributed by atoms with Crippen molar-refractivity contribution < 1.29 is 19.1 Å². The summed E-state index contributed by atoms with van der Waals surface area (Å²) in [6, 6.07) is 9.19. The van der Waals surface area contributed by atoms with Crippen molar-refractivity contribution in [1.82, 2.24) is 0 Å². The van der Waals surface area contributed by atoms with Crippen LogP contribution in [0.4, 0.5) is 0 Å². The minimum atomic E-state index is -0.693. The summed E-state index contributed by atoms with van der Waals surface area (Å²) in [5.74, 6) is -0.957. The zero-order valence-electron chi connectivity index (χ0n) is 10.3. The Morgan fingerprint density at radius 2 is 2.11 bits per heavy atom. The van der Waals surface area contributed by atoms with Gasteiger partial charge >= 0.3 is 0 Å². The molecule has 18 heavy (non-hydrogen) atoms. The van der Waals surface area contributed by atoms with Crippen LogP contribution in [0, 0.1) is 5.92 Å². The molecule has 1 aromatic carbocycles. The summed E-state index contributed by atoms with van der Waals surface area (Å²) < 4.78 is 10.4. The maximum Gasteiger partial charge on any atom is 0.178 e. The van der Waals surface area contributed by atoms with Crippen molar-refractivity contribution in [2.75, 3.05) is 20.3 Å². The molecule has 2 rings (SSSR count). The highest BCUT2D eigenvalue weighted by atomic mass is 16.5. The second-order valence-corrected chi connectivity index (χ2v) is 4.27. The van der Waals surface area contributed by atoms with Crippen molar-refractivity contribution >= 4 is 11.6 Å². The van der Waals surface area contributed by atoms with Crippen molar-refractivity contribution in [3.8, 4) is 0 Å². The van der Waals surface area contributed by atoms with Crippen LogP contribution in [0.3, 0.4) is 0 Å². The van der Waals surface area contributed by atoms with E-state index in [-0.39, 0.29) is 18.2 Å². The highest BCUT2D eigenvalue weighted by Gasteiger charge is 2.35. The van der Waals surface area contributed by atoms with E-state index in [0.29, 0.717) is 13.0 Å². The highest BCUT2D eigenvalue weighted by Crippen LogP contribution is 2.24. The Morgan fingerprint density at radius 1 is 1.39 bits per heavy atom. The van der Waals surface area contributed by atoms with E-state index in [1.165, 1.54) is 7.11 Å². The highest BCUT2D eigenvalue weighted by molar-refractivity contribution is 6.05. The van der Waals surface area contributed by atoms with Gasteiger partial charge in [-0.3, -0.25) is 9.59 Å². The van der Waals surface area contributed by atoms with E-state index < -0.39 is 12.0 Å². The van der Waals surface area contributed by atoms with E-state index in [2.05, 4.69) is 0 Å². The van der Waals surface area contributed by atoms with E-state index in [9.17, 15) is 9.59 Å². The molecule has 4 heteroatoms. The largest absolute Gasteiger partial charge is 0.380 e. The molecular weight excluding hydrogens is 232 g/mol. The maximum atomic E-state index is 12.3. The summed E-state index contributed by atoms with van der Waals surface area (Å²) in [6.07, 6.45) is -0.386. The Balaban J connectivity index is 2.17. The molecule has 1 aliphatic heterocycles. The zero-order valence-corrected chi connectivity index (χ0v) is 10.3. The lowest BCUT2D eigenvalue weighted by molar-refractivity contribution is -0.146. The third-order valence-corrected chi connectivity index (χ3v) is 3.11. The molecule has 0 radical (unpaired) electrons. The van der Waals surface area contributed by atoms with Crippen molar-refractivity contribution in [3.63, 3.8) is 0 Å². The number of methoxy groups -OCH3 is 1. The van der Waals surface area contributed by atoms with Crippen LogP contribution < -0.4 is 0 Å². The van der Waals surface area contributed by atoms with E-state index in [4.69, 9.17) is 9.47 Å². The number of ether oxygens (including phenoxy) is 2. The van der Waals surface area contributed by atoms with Gasteiger partial charge in [0.05, 0.1) is 13.2 Å². The van der Waals surface area contributed by atoms with Gasteiger partial charge in [-0.25, -0.2) is 0 Å². The van der Waals surface area contributed by atoms with Crippen LogP contribution in [0.5, 0.6) is 0 Å². The van der Waals surface area contributed by atoms with Crippen molar-refractivity contribution in [2.24, 2.45) is 5.92 Å². The van der Waals surface area contributed by atoms with Crippen LogP contribution in [-0.4, -0.2) is 31.9 Å². The van der Waals surface area contributed by atoms with E-state index in [1.54, 1.807) is 0 Å². The fourth-order valence-corrected chi connectivity index (χ4v) is 2.11. The van der Waals surface area contributed by atoms with Crippen LogP contribution in [0.15, 0.2) is 30.3 Å². The molecule has 4 nitrogen and oxygen atoms in total. The zero-order chi connectivity index (χ0) is 13.0. The Bertz CT molecular complexity index is 427. The van der Waals surface area contributed by atoms with Crippen molar-refractivity contribution in [1.29, 1.82) is 0 Å². The topological polar surface area (TPSA) is 52.6 Å². The third kappa shape index (κ3) is 2.66. The summed E-state index contributed by atoms with van der Waals surface area (Å²) in [5, 5.41) is 0. The van der Waals surface area contributed by atoms with Gasteiger partial charge in [0.25, 0.3) is 0 Å². The predicted molar refractivity (Wildman–Crippen MR) is 65.1 cm³/mol. The second kappa shape index (κ2) is 5.89. The monoisotopic (exact) mass is 248 g/mol. The number of Topliss-reactive ketones (excluding diaryl/α,β-unsaturated/α-hetero) is 2. The molecule has 1 aliphatic rings. The van der Waals surface area contributed by atoms with Gasteiger partial charge in [-0.05, 0) is 5.56 Å². The summed E-state index contributed by atoms with van der Waals surface area (Å²) in [4.78, 5) is 24.0. The summed E-state index contributed by atoms with van der Waals surface area (Å²) in [7, 11) is 1.48. The molecule has 0 bridgehead atoms. The number of carbonyl (C=O) groups is 2. The van der Waals surface area contributed by atoms with Gasteiger partial charge in [0.1, 0.15) is 17.8 Å². The van der Waals surface area contributed by atoms with Crippen LogP contribution in [-0.2, 0) is 19.1 Å². The average molecular weight is 248 g/mol. The molecule has 0 saturated carbocycles. The van der Waals surface area contributed by atoms with Crippen LogP contribution in [0.1, 0.15) is 18.1 Å². The van der Waals surface area contributed by atoms with Gasteiger partial charge in [0.2, 0.25) is 0 Å². The Morgan fingerprint density at radius 3 is 2.72 bits per heavy atom. The summed E-state index contributed by atoms with van der Waals surface area (Å²) in [5.41, 5.74) is 0.767. The first kappa shape index (κ1) is 12.9. The second-order valence-electron chi connectivity index (χ2n) is 4.27. The molecule has 1 aromatic rings. The fourth-order valence-electron chi connectivity index (χ4n) is 2.11. The molecule has 0 amide bonds. The molecule has 0 N–H and O–H groups in total. The smallest absolute Gasteiger partial charge is 0.178 e. The molecule has 1 saturated heterocycles. The number of hydrogen-bond donors (Lipinski definition) is 0. The minimum absolute atomic E-state index is 0.0516. The Kier molecular flexibility index (Phi) is 4.23. The lowest BCUT2D eigenvalue weighted by Crippen LogP contribution is -2.37. The molecule has 96 valence electrons. The van der Waals surface area contributed by atoms with Gasteiger partial charge in [-0.15, -0.1) is 0 Å². The van der Waals surface area contributed by atoms with Gasteiger partial charge in [0, 0.05) is 13.5 Å². The van der Waals surface area contributed by atoms with Gasteiger partial charge in [-0.1, -0.05) is 30.3 Å². The van der Waals surface area contributed by atoms with Crippen LogP contribution in [0.2, 0.25) is 0 Å². The molecule has 0 spiro atoms. The molecule has 1 heterocycles. The SMILES string of the molecule is COC(C(=O)C1COCCC1=O)c1ccccc1. The minimum Gasteiger partial charge on any atom is -0.380 e. The third-order valence-electron chi connectivity index (χ3n) is 3.11. The Hall–Kier alpha value is -1.52. The molecule has 0 aliphatic carbocycles. The first-order valence-electron chi connectivity index (χ1n) is 5.96. The maximum absolute atomic E-state index is 12.3. The first-order valence-corrected chi connectivity index (χ1v) is 5.96. The lowest BCUT2D eigenvalue weighted by Gasteiger charge is -2.24. The quantitative estimate of drug-likeness (QED) is 0.759. The molecule has 2 unspecified atom stereocenters. The van der Waals surface area contributed by atoms with Crippen LogP contribution >= 0.6 is 0 Å². The summed E-state index contributed by atoms with van der Waals surface area (Å²) in [6.45, 7) is 0.579. The standard InChI is InChI=1S/C14H16O4/c1-17-14(10-5-3-2-4-6-10)13(16)11-9-18-8-7-12(11)15/h2-6,11,14H,7-9H2,1H3. The van der Waals surface area contributed by atoms with E-state index in [1.807, 2.05) is 30.3 Å². The first-order chi connectivity index (χ1) is 8.74. The molecule has 2 atom stereocenters. The number of ketones is 2. The number of benzene rings is 1. The van der Waals surface area contributed by atoms with E-state index in [0.717, 1.165) is 5.56 Å². The lowest BCUT2D eigenvalue weighted by atomic mass is 9.90. The predicted octanol–water partition coefficient (Wildman–Crippen LogP) is 1.55. The number of hydrogen-bond acceptors (Lipinski definition) is 4. The van der Waals surface area contributed by atoms with Crippen molar-refractivity contribution in [3.05, 3.63) is 35.9 Å². The number of rotatable bonds is 4. The summed E-state index contributed by atoms with van der Waals surface area (Å²) >= 11 is 0. The normalized spacial score (nSPS) is 21.6. The average Bonchev–Trinajstić information content (AvgIpc) is 2.41. The fraction of sp³-hybridized carbons (Fsp3) is 0.429. The molecule has 0 aromatic heterocycles. The van der Waals surface area contributed by atoms with Gasteiger partial charge < -0.3 is 9.47 Å². The van der Waals surface area contributed by atoms with Gasteiger partial charge in [-0.2, -0.15) is 0 Å². The van der Waals surface area contributed by atoms with Crippen molar-refractivity contribution in [2.45, 2.75) is 12.5 Å². The van der Waals surface area contributed by atoms with Crippen LogP contribution in [0.25, 0.3) is 0 Å². The number of carbonyl (C=O) groups excluding carboxylic acids is 2. The molecular formula is C14H16O4. The Labute approximate surface area is 106 Å². The van der Waals surface area contributed by atoms with Gasteiger partial charge in [0.15, 0.2) is 5.78 Å². The van der Waals surface area contributed by atoms with E-state index >= 15 is 0 Å².